The van der Waals surface area contributed by atoms with Gasteiger partial charge in [0, 0.05) is 30.9 Å². The number of fused-ring (bicyclic) bond motifs is 1. The van der Waals surface area contributed by atoms with Gasteiger partial charge >= 0.3 is 0 Å². The van der Waals surface area contributed by atoms with Crippen molar-refractivity contribution in [2.45, 2.75) is 50.6 Å². The molecule has 3 heterocycles. The molecule has 1 saturated heterocycles. The number of nitrogens with one attached hydrogen (secondary N) is 1. The Morgan fingerprint density at radius 1 is 0.971 bits per heavy atom. The van der Waals surface area contributed by atoms with Gasteiger partial charge in [0.15, 0.2) is 5.65 Å². The largest absolute Gasteiger partial charge is 0.365 e. The molecule has 8 heteroatoms. The number of piperidine rings is 1. The van der Waals surface area contributed by atoms with E-state index < -0.39 is 10.0 Å². The third kappa shape index (κ3) is 5.09. The van der Waals surface area contributed by atoms with Crippen molar-refractivity contribution in [3.63, 3.8) is 0 Å². The number of benzene rings is 2. The molecule has 4 aromatic rings. The maximum Gasteiger partial charge on any atom is 0.244 e. The van der Waals surface area contributed by atoms with Crippen molar-refractivity contribution in [1.82, 2.24) is 18.8 Å². The van der Waals surface area contributed by atoms with E-state index in [1.54, 1.807) is 12.3 Å². The first-order valence-corrected chi connectivity index (χ1v) is 13.6. The molecule has 0 amide bonds. The van der Waals surface area contributed by atoms with Crippen LogP contribution in [0.25, 0.3) is 11.0 Å². The average molecular weight is 490 g/mol. The molecule has 5 rings (SSSR count). The number of rotatable bonds is 7. The lowest BCUT2D eigenvalue weighted by Crippen LogP contribution is -2.53. The highest BCUT2D eigenvalue weighted by molar-refractivity contribution is 7.89. The van der Waals surface area contributed by atoms with Crippen molar-refractivity contribution in [2.75, 3.05) is 11.9 Å². The second-order valence-corrected chi connectivity index (χ2v) is 11.7. The van der Waals surface area contributed by atoms with E-state index in [1.807, 2.05) is 36.4 Å². The van der Waals surface area contributed by atoms with Gasteiger partial charge in [-0.25, -0.2) is 22.4 Å². The minimum Gasteiger partial charge on any atom is -0.365 e. The van der Waals surface area contributed by atoms with Gasteiger partial charge in [-0.2, -0.15) is 0 Å². The Balaban J connectivity index is 1.37. The van der Waals surface area contributed by atoms with Gasteiger partial charge in [0.1, 0.15) is 12.1 Å². The third-order valence-corrected chi connectivity index (χ3v) is 8.49. The van der Waals surface area contributed by atoms with Gasteiger partial charge in [-0.3, -0.25) is 4.90 Å². The Hall–Kier alpha value is -3.23. The van der Waals surface area contributed by atoms with Crippen LogP contribution < -0.4 is 5.32 Å². The van der Waals surface area contributed by atoms with Crippen molar-refractivity contribution in [2.24, 2.45) is 0 Å². The fourth-order valence-corrected chi connectivity index (χ4v) is 6.21. The van der Waals surface area contributed by atoms with Crippen LogP contribution in [-0.2, 0) is 22.3 Å². The van der Waals surface area contributed by atoms with Crippen molar-refractivity contribution in [3.8, 4) is 0 Å². The van der Waals surface area contributed by atoms with Crippen LogP contribution in [0.15, 0.2) is 79.3 Å². The minimum atomic E-state index is -3.61. The molecule has 2 aromatic carbocycles. The van der Waals surface area contributed by atoms with Gasteiger partial charge in [-0.05, 0) is 43.9 Å². The molecule has 0 spiro atoms. The van der Waals surface area contributed by atoms with E-state index >= 15 is 0 Å². The Kier molecular flexibility index (Phi) is 6.34. The summed E-state index contributed by atoms with van der Waals surface area (Å²) < 4.78 is 27.6. The lowest BCUT2D eigenvalue weighted by Gasteiger charge is -2.46. The smallest absolute Gasteiger partial charge is 0.244 e. The van der Waals surface area contributed by atoms with Crippen LogP contribution in [0.4, 0.5) is 5.82 Å². The summed E-state index contributed by atoms with van der Waals surface area (Å²) in [4.78, 5) is 11.3. The topological polar surface area (TPSA) is 80.1 Å². The summed E-state index contributed by atoms with van der Waals surface area (Å²) in [6.45, 7) is 6.36. The number of hydrogen-bond donors (Lipinski definition) is 1. The normalized spacial score (nSPS) is 18.5. The van der Waals surface area contributed by atoms with Crippen LogP contribution in [-0.4, -0.2) is 45.4 Å². The Morgan fingerprint density at radius 3 is 2.37 bits per heavy atom. The van der Waals surface area contributed by atoms with Crippen molar-refractivity contribution >= 4 is 26.9 Å². The fourth-order valence-electron chi connectivity index (χ4n) is 4.81. The van der Waals surface area contributed by atoms with E-state index in [0.717, 1.165) is 31.5 Å². The third-order valence-electron chi connectivity index (χ3n) is 6.90. The van der Waals surface area contributed by atoms with Crippen molar-refractivity contribution in [3.05, 3.63) is 90.4 Å². The van der Waals surface area contributed by atoms with Crippen LogP contribution in [0.1, 0.15) is 37.8 Å². The summed E-state index contributed by atoms with van der Waals surface area (Å²) in [5.74, 6) is 0.587. The van der Waals surface area contributed by atoms with Crippen LogP contribution in [0.3, 0.4) is 0 Å². The Bertz CT molecular complexity index is 1400. The van der Waals surface area contributed by atoms with E-state index in [-0.39, 0.29) is 17.3 Å². The quantitative estimate of drug-likeness (QED) is 0.407. The minimum absolute atomic E-state index is 0.0868. The summed E-state index contributed by atoms with van der Waals surface area (Å²) in [7, 11) is -3.61. The molecule has 0 bridgehead atoms. The van der Waals surface area contributed by atoms with Crippen LogP contribution in [0.2, 0.25) is 0 Å². The standard InChI is InChI=1S/C27H31N5O2S/c1-27(2)15-13-23(18-31(27)17-21-9-5-3-6-10-21)30-25-24-14-16-32(26(24)29-20-28-25)35(33,34)19-22-11-7-4-8-12-22/h3-12,14,16,20,23H,13,15,17-19H2,1-2H3,(H,28,29,30). The highest BCUT2D eigenvalue weighted by Gasteiger charge is 2.34. The zero-order chi connectivity index (χ0) is 24.5. The molecule has 2 aromatic heterocycles. The number of hydrogen-bond acceptors (Lipinski definition) is 6. The van der Waals surface area contributed by atoms with Gasteiger partial charge in [0.05, 0.1) is 11.1 Å². The molecule has 182 valence electrons. The number of nitrogens with zero attached hydrogens (tertiary/aromatic N) is 4. The van der Waals surface area contributed by atoms with Gasteiger partial charge in [-0.1, -0.05) is 60.7 Å². The molecule has 0 saturated carbocycles. The lowest BCUT2D eigenvalue weighted by molar-refractivity contribution is 0.0625. The van der Waals surface area contributed by atoms with E-state index in [0.29, 0.717) is 16.9 Å². The predicted molar refractivity (Wildman–Crippen MR) is 140 cm³/mol. The summed E-state index contributed by atoms with van der Waals surface area (Å²) in [5.41, 5.74) is 2.54. The fraction of sp³-hybridized carbons (Fsp3) is 0.333. The molecule has 1 aliphatic heterocycles. The highest BCUT2D eigenvalue weighted by Crippen LogP contribution is 2.31. The first kappa shape index (κ1) is 23.5. The summed E-state index contributed by atoms with van der Waals surface area (Å²) in [5, 5.41) is 4.30. The lowest BCUT2D eigenvalue weighted by atomic mass is 9.87. The van der Waals surface area contributed by atoms with E-state index in [9.17, 15) is 8.42 Å². The zero-order valence-corrected chi connectivity index (χ0v) is 20.9. The summed E-state index contributed by atoms with van der Waals surface area (Å²) in [6, 6.07) is 21.7. The van der Waals surface area contributed by atoms with Crippen LogP contribution in [0.5, 0.6) is 0 Å². The first-order chi connectivity index (χ1) is 16.8. The SMILES string of the molecule is CC1(C)CCC(Nc2ncnc3c2ccn3S(=O)(=O)Cc2ccccc2)CN1Cc1ccccc1. The first-order valence-electron chi connectivity index (χ1n) is 12.0. The molecule has 0 aliphatic carbocycles. The second kappa shape index (κ2) is 9.43. The summed E-state index contributed by atoms with van der Waals surface area (Å²) in [6.07, 6.45) is 5.08. The van der Waals surface area contributed by atoms with Gasteiger partial charge in [0.25, 0.3) is 0 Å². The van der Waals surface area contributed by atoms with E-state index in [1.165, 1.54) is 15.9 Å². The molecule has 1 fully saturated rings. The molecule has 7 nitrogen and oxygen atoms in total. The molecular formula is C27H31N5O2S. The van der Waals surface area contributed by atoms with Gasteiger partial charge in [0.2, 0.25) is 10.0 Å². The van der Waals surface area contributed by atoms with Crippen LogP contribution >= 0.6 is 0 Å². The molecule has 0 radical (unpaired) electrons. The zero-order valence-electron chi connectivity index (χ0n) is 20.1. The Morgan fingerprint density at radius 2 is 1.66 bits per heavy atom. The van der Waals surface area contributed by atoms with E-state index in [4.69, 9.17) is 0 Å². The Labute approximate surface area is 206 Å². The maximum absolute atomic E-state index is 13.1. The number of aromatic nitrogens is 3. The summed E-state index contributed by atoms with van der Waals surface area (Å²) >= 11 is 0. The highest BCUT2D eigenvalue weighted by atomic mass is 32.2. The van der Waals surface area contributed by atoms with Gasteiger partial charge in [-0.15, -0.1) is 0 Å². The molecular weight excluding hydrogens is 458 g/mol. The molecule has 1 N–H and O–H groups in total. The monoisotopic (exact) mass is 489 g/mol. The molecule has 35 heavy (non-hydrogen) atoms. The molecule has 1 aliphatic rings. The predicted octanol–water partition coefficient (Wildman–Crippen LogP) is 4.66. The molecule has 1 unspecified atom stereocenters. The second-order valence-electron chi connectivity index (χ2n) is 9.87. The van der Waals surface area contributed by atoms with Crippen molar-refractivity contribution in [1.29, 1.82) is 0 Å². The number of anilines is 1. The van der Waals surface area contributed by atoms with Crippen molar-refractivity contribution < 1.29 is 8.42 Å². The van der Waals surface area contributed by atoms with Crippen LogP contribution in [0, 0.1) is 0 Å². The maximum atomic E-state index is 13.1. The van der Waals surface area contributed by atoms with E-state index in [2.05, 4.69) is 58.3 Å². The number of likely N-dealkylation sites (tertiary alicyclic amines) is 1. The molecule has 1 atom stereocenters. The average Bonchev–Trinajstić information content (AvgIpc) is 3.29. The van der Waals surface area contributed by atoms with Gasteiger partial charge < -0.3 is 5.32 Å².